The molecule has 232 valence electrons. The first-order valence-electron chi connectivity index (χ1n) is 13.6. The van der Waals surface area contributed by atoms with Gasteiger partial charge in [-0.25, -0.2) is 9.80 Å². The van der Waals surface area contributed by atoms with Crippen molar-refractivity contribution in [1.82, 2.24) is 36.6 Å². The molecule has 0 bridgehead atoms. The molecule has 1 aliphatic rings. The molecule has 16 heteroatoms. The number of rotatable bonds is 15. The van der Waals surface area contributed by atoms with Crippen LogP contribution in [0.4, 0.5) is 4.79 Å². The van der Waals surface area contributed by atoms with Gasteiger partial charge in [-0.05, 0) is 5.56 Å². The molecular formula is C27H38BN7O8. The zero-order valence-electron chi connectivity index (χ0n) is 24.7. The largest absolute Gasteiger partial charge is 0.362 e. The molecule has 43 heavy (non-hydrogen) atoms. The quantitative estimate of drug-likeness (QED) is 0.0685. The van der Waals surface area contributed by atoms with E-state index >= 15 is 0 Å². The average Bonchev–Trinajstić information content (AvgIpc) is 3.16. The SMILES string of the molecule is [B]C(C)COCNC(=O)CNC(=O)[C@H](Cc1ccccc1)NC(=O)CNC(=O)CNC(=O)N(C)N1C(=O)CC(C)(C)C1=O. The molecule has 5 N–H and O–H groups in total. The Hall–Kier alpha value is -4.47. The molecule has 1 fully saturated rings. The summed E-state index contributed by atoms with van der Waals surface area (Å²) in [7, 11) is 6.78. The maximum Gasteiger partial charge on any atom is 0.336 e. The van der Waals surface area contributed by atoms with Crippen LogP contribution in [-0.4, -0.2) is 105 Å². The highest BCUT2D eigenvalue weighted by Gasteiger charge is 2.47. The third-order valence-electron chi connectivity index (χ3n) is 6.15. The molecule has 1 aliphatic heterocycles. The number of imide groups is 1. The highest BCUT2D eigenvalue weighted by Crippen LogP contribution is 2.32. The second kappa shape index (κ2) is 16.2. The lowest BCUT2D eigenvalue weighted by Gasteiger charge is -2.27. The molecule has 1 aromatic rings. The molecule has 1 unspecified atom stereocenters. The number of hydrogen-bond donors (Lipinski definition) is 5. The number of nitrogens with zero attached hydrogens (tertiary/aromatic N) is 2. The van der Waals surface area contributed by atoms with Crippen molar-refractivity contribution < 1.29 is 38.3 Å². The van der Waals surface area contributed by atoms with Crippen LogP contribution in [0.3, 0.4) is 0 Å². The van der Waals surface area contributed by atoms with Crippen molar-refractivity contribution in [2.75, 3.05) is 40.0 Å². The molecule has 2 rings (SSSR count). The van der Waals surface area contributed by atoms with Gasteiger partial charge in [0.1, 0.15) is 12.8 Å². The van der Waals surface area contributed by atoms with Crippen molar-refractivity contribution in [3.05, 3.63) is 35.9 Å². The van der Waals surface area contributed by atoms with Crippen LogP contribution in [0, 0.1) is 5.41 Å². The van der Waals surface area contributed by atoms with Gasteiger partial charge in [0.25, 0.3) is 5.91 Å². The molecule has 0 aromatic heterocycles. The summed E-state index contributed by atoms with van der Waals surface area (Å²) >= 11 is 0. The van der Waals surface area contributed by atoms with Crippen LogP contribution in [0.2, 0.25) is 5.82 Å². The first-order chi connectivity index (χ1) is 20.2. The molecule has 1 heterocycles. The Morgan fingerprint density at radius 1 is 0.953 bits per heavy atom. The van der Waals surface area contributed by atoms with Crippen LogP contribution in [0.5, 0.6) is 0 Å². The van der Waals surface area contributed by atoms with Crippen LogP contribution >= 0.6 is 0 Å². The Morgan fingerprint density at radius 2 is 1.56 bits per heavy atom. The van der Waals surface area contributed by atoms with Gasteiger partial charge in [-0.1, -0.05) is 56.9 Å². The average molecular weight is 599 g/mol. The van der Waals surface area contributed by atoms with E-state index in [0.29, 0.717) is 0 Å². The molecule has 1 saturated heterocycles. The number of urea groups is 1. The van der Waals surface area contributed by atoms with Crippen molar-refractivity contribution in [3.8, 4) is 0 Å². The molecule has 2 radical (unpaired) electrons. The molecule has 2 atom stereocenters. The summed E-state index contributed by atoms with van der Waals surface area (Å²) in [6, 6.07) is 6.92. The Kier molecular flexibility index (Phi) is 13.1. The van der Waals surface area contributed by atoms with Gasteiger partial charge in [0.05, 0.1) is 32.9 Å². The van der Waals surface area contributed by atoms with Gasteiger partial charge in [0.2, 0.25) is 29.5 Å². The van der Waals surface area contributed by atoms with Crippen molar-refractivity contribution in [1.29, 1.82) is 0 Å². The van der Waals surface area contributed by atoms with Crippen molar-refractivity contribution in [2.24, 2.45) is 5.41 Å². The van der Waals surface area contributed by atoms with Crippen LogP contribution < -0.4 is 26.6 Å². The van der Waals surface area contributed by atoms with E-state index in [0.717, 1.165) is 15.6 Å². The number of amides is 8. The van der Waals surface area contributed by atoms with E-state index < -0.39 is 66.0 Å². The predicted octanol–water partition coefficient (Wildman–Crippen LogP) is -1.64. The van der Waals surface area contributed by atoms with Crippen molar-refractivity contribution in [3.63, 3.8) is 0 Å². The molecule has 1 aromatic carbocycles. The van der Waals surface area contributed by atoms with Gasteiger partial charge in [0.15, 0.2) is 0 Å². The minimum atomic E-state index is -1.07. The lowest BCUT2D eigenvalue weighted by Crippen LogP contribution is -2.54. The van der Waals surface area contributed by atoms with Gasteiger partial charge in [-0.3, -0.25) is 28.8 Å². The van der Waals surface area contributed by atoms with E-state index in [1.54, 1.807) is 51.1 Å². The maximum absolute atomic E-state index is 12.8. The van der Waals surface area contributed by atoms with Gasteiger partial charge in [-0.2, -0.15) is 5.01 Å². The summed E-state index contributed by atoms with van der Waals surface area (Å²) < 4.78 is 5.16. The number of hydrazine groups is 1. The van der Waals surface area contributed by atoms with E-state index in [1.807, 2.05) is 0 Å². The molecular weight excluding hydrogens is 561 g/mol. The Labute approximate surface area is 251 Å². The topological polar surface area (TPSA) is 195 Å². The highest BCUT2D eigenvalue weighted by atomic mass is 16.5. The molecule has 0 spiro atoms. The number of carbonyl (C=O) groups excluding carboxylic acids is 7. The van der Waals surface area contributed by atoms with Crippen LogP contribution in [0.15, 0.2) is 30.3 Å². The second-order valence-corrected chi connectivity index (χ2v) is 10.7. The summed E-state index contributed by atoms with van der Waals surface area (Å²) in [4.78, 5) is 86.7. The summed E-state index contributed by atoms with van der Waals surface area (Å²) in [5, 5.41) is 13.6. The van der Waals surface area contributed by atoms with Crippen LogP contribution in [0.25, 0.3) is 0 Å². The van der Waals surface area contributed by atoms with Crippen molar-refractivity contribution >= 4 is 49.3 Å². The minimum Gasteiger partial charge on any atom is -0.362 e. The Morgan fingerprint density at radius 3 is 2.16 bits per heavy atom. The maximum atomic E-state index is 12.8. The Balaban J connectivity index is 1.84. The van der Waals surface area contributed by atoms with E-state index in [1.165, 1.54) is 7.05 Å². The smallest absolute Gasteiger partial charge is 0.336 e. The van der Waals surface area contributed by atoms with Gasteiger partial charge < -0.3 is 31.3 Å². The van der Waals surface area contributed by atoms with Gasteiger partial charge in [0, 0.05) is 26.5 Å². The number of benzene rings is 1. The second-order valence-electron chi connectivity index (χ2n) is 10.7. The van der Waals surface area contributed by atoms with Crippen LogP contribution in [0.1, 0.15) is 32.8 Å². The van der Waals surface area contributed by atoms with E-state index in [9.17, 15) is 33.6 Å². The minimum absolute atomic E-state index is 0.0564. The lowest BCUT2D eigenvalue weighted by molar-refractivity contribution is -0.153. The fourth-order valence-corrected chi connectivity index (χ4v) is 3.87. The summed E-state index contributed by atoms with van der Waals surface area (Å²) in [6.07, 6.45) is 0.0533. The number of ether oxygens (including phenoxy) is 1. The zero-order valence-corrected chi connectivity index (χ0v) is 24.7. The number of nitrogens with one attached hydrogen (secondary N) is 5. The number of carbonyl (C=O) groups is 7. The standard InChI is InChI=1S/C27H38BN7O8/c1-17(28)15-43-16-32-21(37)12-30-24(40)19(10-18-8-6-5-7-9-18)33-22(38)14-29-20(36)13-31-26(42)34(4)35-23(39)11-27(2,3)25(35)41/h5-9,17,19H,10-16H2,1-4H3,(H,29,36)(H,30,40)(H,31,42)(H,32,37)(H,33,38)/t17?,19-/m0/s1. The monoisotopic (exact) mass is 599 g/mol. The third-order valence-corrected chi connectivity index (χ3v) is 6.15. The molecule has 0 saturated carbocycles. The van der Waals surface area contributed by atoms with E-state index in [2.05, 4.69) is 26.6 Å². The Bertz CT molecular complexity index is 1200. The molecule has 8 amide bonds. The van der Waals surface area contributed by atoms with Gasteiger partial charge in [-0.15, -0.1) is 0 Å². The predicted molar refractivity (Wildman–Crippen MR) is 154 cm³/mol. The molecule has 15 nitrogen and oxygen atoms in total. The fraction of sp³-hybridized carbons (Fsp3) is 0.519. The van der Waals surface area contributed by atoms with E-state index in [-0.39, 0.29) is 38.5 Å². The molecule has 0 aliphatic carbocycles. The highest BCUT2D eigenvalue weighted by molar-refractivity contribution is 6.11. The van der Waals surface area contributed by atoms with Crippen LogP contribution in [-0.2, 0) is 39.9 Å². The summed E-state index contributed by atoms with van der Waals surface area (Å²) in [6.45, 7) is 3.66. The lowest BCUT2D eigenvalue weighted by atomic mass is 9.91. The van der Waals surface area contributed by atoms with Crippen molar-refractivity contribution in [2.45, 2.75) is 45.5 Å². The zero-order chi connectivity index (χ0) is 32.2. The third kappa shape index (κ3) is 11.4. The normalized spacial score (nSPS) is 15.2. The first-order valence-corrected chi connectivity index (χ1v) is 13.6. The summed E-state index contributed by atoms with van der Waals surface area (Å²) in [5.41, 5.74) is -0.206. The van der Waals surface area contributed by atoms with E-state index in [4.69, 9.17) is 12.6 Å². The first kappa shape index (κ1) is 34.7. The fourth-order valence-electron chi connectivity index (χ4n) is 3.87. The summed E-state index contributed by atoms with van der Waals surface area (Å²) in [5.74, 6) is -3.85. The number of hydrogen-bond acceptors (Lipinski definition) is 8. The van der Waals surface area contributed by atoms with Gasteiger partial charge >= 0.3 is 6.03 Å².